The minimum absolute atomic E-state index is 0.269. The number of nitrogens with one attached hydrogen (secondary N) is 3. The molecule has 10 heteroatoms. The first kappa shape index (κ1) is 19.1. The summed E-state index contributed by atoms with van der Waals surface area (Å²) in [5.74, 6) is 4.56. The molecule has 0 aliphatic carbocycles. The van der Waals surface area contributed by atoms with Crippen LogP contribution in [0.2, 0.25) is 0 Å². The maximum absolute atomic E-state index is 12.1. The van der Waals surface area contributed by atoms with E-state index in [1.165, 1.54) is 14.2 Å². The maximum atomic E-state index is 12.1. The van der Waals surface area contributed by atoms with E-state index in [1.807, 2.05) is 5.43 Å². The monoisotopic (exact) mass is 364 g/mol. The Bertz CT molecular complexity index is 761. The highest BCUT2D eigenvalue weighted by Gasteiger charge is 2.32. The lowest BCUT2D eigenvalue weighted by Crippen LogP contribution is -2.45. The van der Waals surface area contributed by atoms with E-state index in [1.54, 1.807) is 25.1 Å². The normalized spacial score (nSPS) is 16.3. The molecule has 0 spiro atoms. The predicted molar refractivity (Wildman–Crippen MR) is 89.9 cm³/mol. The van der Waals surface area contributed by atoms with Crippen molar-refractivity contribution in [2.24, 2.45) is 5.84 Å². The van der Waals surface area contributed by atoms with Crippen LogP contribution >= 0.6 is 0 Å². The van der Waals surface area contributed by atoms with Crippen LogP contribution in [0.1, 0.15) is 18.5 Å². The van der Waals surface area contributed by atoms with Crippen LogP contribution in [-0.4, -0.2) is 38.7 Å². The molecule has 1 heterocycles. The fraction of sp³-hybridized carbons (Fsp3) is 0.312. The number of allylic oxidation sites excluding steroid dienone is 1. The highest BCUT2D eigenvalue weighted by Crippen LogP contribution is 2.34. The molecule has 2 rings (SSSR count). The van der Waals surface area contributed by atoms with Gasteiger partial charge in [-0.15, -0.1) is 0 Å². The van der Waals surface area contributed by atoms with Crippen molar-refractivity contribution in [3.05, 3.63) is 35.0 Å². The van der Waals surface area contributed by atoms with Gasteiger partial charge in [-0.1, -0.05) is 6.07 Å². The van der Waals surface area contributed by atoms with Gasteiger partial charge in [0, 0.05) is 5.70 Å². The van der Waals surface area contributed by atoms with E-state index < -0.39 is 23.9 Å². The lowest BCUT2D eigenvalue weighted by Gasteiger charge is -2.28. The molecule has 0 bridgehead atoms. The Morgan fingerprint density at radius 2 is 2.00 bits per heavy atom. The van der Waals surface area contributed by atoms with Crippen molar-refractivity contribution in [2.45, 2.75) is 13.0 Å². The van der Waals surface area contributed by atoms with Gasteiger partial charge in [-0.2, -0.15) is 0 Å². The summed E-state index contributed by atoms with van der Waals surface area (Å²) in [6.07, 6.45) is 0. The molecule has 0 saturated heterocycles. The molecule has 5 N–H and O–H groups in total. The number of rotatable bonds is 6. The van der Waals surface area contributed by atoms with Gasteiger partial charge in [0.1, 0.15) is 0 Å². The highest BCUT2D eigenvalue weighted by atomic mass is 16.5. The predicted octanol–water partition coefficient (Wildman–Crippen LogP) is -0.135. The molecule has 1 aromatic rings. The summed E-state index contributed by atoms with van der Waals surface area (Å²) in [4.78, 5) is 35.1. The van der Waals surface area contributed by atoms with Crippen LogP contribution in [0.5, 0.6) is 11.5 Å². The number of hydrogen-bond acceptors (Lipinski definition) is 7. The number of esters is 1. The first-order chi connectivity index (χ1) is 12.4. The molecule has 1 aromatic carbocycles. The molecule has 26 heavy (non-hydrogen) atoms. The highest BCUT2D eigenvalue weighted by molar-refractivity contribution is 5.95. The minimum Gasteiger partial charge on any atom is -0.493 e. The van der Waals surface area contributed by atoms with Gasteiger partial charge in [0.2, 0.25) is 0 Å². The molecule has 140 valence electrons. The zero-order valence-corrected chi connectivity index (χ0v) is 14.5. The van der Waals surface area contributed by atoms with Crippen LogP contribution in [0, 0.1) is 0 Å². The first-order valence-electron chi connectivity index (χ1n) is 7.58. The molecule has 1 aliphatic heterocycles. The second-order valence-corrected chi connectivity index (χ2v) is 5.33. The van der Waals surface area contributed by atoms with Crippen molar-refractivity contribution >= 4 is 17.9 Å². The standard InChI is InChI=1S/C16H20N4O6/c1-8-13(15(22)25-3)14(19-16(23)18-8)9-4-5-10(11(6-9)24-2)26-7-12(21)20-17/h4-6,14H,7,17H2,1-3H3,(H,20,21)(H2,18,19,23)/t14-/m0/s1. The van der Waals surface area contributed by atoms with Crippen LogP contribution < -0.4 is 31.4 Å². The number of hydrazine groups is 1. The lowest BCUT2D eigenvalue weighted by molar-refractivity contribution is -0.136. The fourth-order valence-corrected chi connectivity index (χ4v) is 2.49. The Hall–Kier alpha value is -3.27. The number of carbonyl (C=O) groups excluding carboxylic acids is 3. The van der Waals surface area contributed by atoms with Gasteiger partial charge in [0.25, 0.3) is 5.91 Å². The quantitative estimate of drug-likeness (QED) is 0.238. The smallest absolute Gasteiger partial charge is 0.337 e. The Morgan fingerprint density at radius 1 is 1.27 bits per heavy atom. The van der Waals surface area contributed by atoms with Crippen LogP contribution in [0.25, 0.3) is 0 Å². The van der Waals surface area contributed by atoms with Gasteiger partial charge in [-0.25, -0.2) is 15.4 Å². The Kier molecular flexibility index (Phi) is 6.02. The number of urea groups is 1. The van der Waals surface area contributed by atoms with E-state index in [0.29, 0.717) is 22.8 Å². The summed E-state index contributed by atoms with van der Waals surface area (Å²) < 4.78 is 15.4. The van der Waals surface area contributed by atoms with Gasteiger partial charge in [0.15, 0.2) is 18.1 Å². The summed E-state index contributed by atoms with van der Waals surface area (Å²) in [6.45, 7) is 1.32. The average Bonchev–Trinajstić information content (AvgIpc) is 2.64. The molecule has 0 unspecified atom stereocenters. The number of methoxy groups -OCH3 is 2. The summed E-state index contributed by atoms with van der Waals surface area (Å²) >= 11 is 0. The third kappa shape index (κ3) is 4.03. The summed E-state index contributed by atoms with van der Waals surface area (Å²) in [6, 6.07) is 3.63. The molecule has 0 saturated carbocycles. The van der Waals surface area contributed by atoms with E-state index in [2.05, 4.69) is 10.6 Å². The number of ether oxygens (including phenoxy) is 3. The van der Waals surface area contributed by atoms with E-state index in [0.717, 1.165) is 0 Å². The average molecular weight is 364 g/mol. The van der Waals surface area contributed by atoms with Crippen LogP contribution in [0.3, 0.4) is 0 Å². The third-order valence-electron chi connectivity index (χ3n) is 3.72. The zero-order chi connectivity index (χ0) is 19.3. The topological polar surface area (TPSA) is 141 Å². The van der Waals surface area contributed by atoms with Crippen LogP contribution in [0.4, 0.5) is 4.79 Å². The molecule has 10 nitrogen and oxygen atoms in total. The molecule has 3 amide bonds. The number of benzene rings is 1. The molecular formula is C16H20N4O6. The first-order valence-corrected chi connectivity index (χ1v) is 7.58. The molecule has 0 radical (unpaired) electrons. The second-order valence-electron chi connectivity index (χ2n) is 5.33. The number of nitrogens with two attached hydrogens (primary N) is 1. The van der Waals surface area contributed by atoms with Crippen molar-refractivity contribution in [1.29, 1.82) is 0 Å². The molecule has 1 atom stereocenters. The number of carbonyl (C=O) groups is 3. The van der Waals surface area contributed by atoms with Crippen molar-refractivity contribution in [3.8, 4) is 11.5 Å². The van der Waals surface area contributed by atoms with Crippen molar-refractivity contribution in [3.63, 3.8) is 0 Å². The zero-order valence-electron chi connectivity index (χ0n) is 14.5. The van der Waals surface area contributed by atoms with Gasteiger partial charge in [0.05, 0.1) is 25.8 Å². The SMILES string of the molecule is COC(=O)C1=C(C)NC(=O)N[C@H]1c1ccc(OCC(=O)NN)c(OC)c1. The fourth-order valence-electron chi connectivity index (χ4n) is 2.49. The second kappa shape index (κ2) is 8.21. The van der Waals surface area contributed by atoms with Gasteiger partial charge in [-0.3, -0.25) is 10.2 Å². The van der Waals surface area contributed by atoms with E-state index >= 15 is 0 Å². The van der Waals surface area contributed by atoms with Crippen molar-refractivity contribution in [2.75, 3.05) is 20.8 Å². The summed E-state index contributed by atoms with van der Waals surface area (Å²) in [5.41, 5.74) is 3.19. The molecule has 0 aromatic heterocycles. The molecule has 0 fully saturated rings. The molecular weight excluding hydrogens is 344 g/mol. The minimum atomic E-state index is -0.730. The van der Waals surface area contributed by atoms with E-state index in [4.69, 9.17) is 20.1 Å². The van der Waals surface area contributed by atoms with Crippen molar-refractivity contribution < 1.29 is 28.6 Å². The molecule has 1 aliphatic rings. The summed E-state index contributed by atoms with van der Waals surface area (Å²) in [7, 11) is 2.69. The Labute approximate surface area is 149 Å². The third-order valence-corrected chi connectivity index (χ3v) is 3.72. The number of hydrogen-bond donors (Lipinski definition) is 4. The van der Waals surface area contributed by atoms with Crippen LogP contribution in [0.15, 0.2) is 29.5 Å². The maximum Gasteiger partial charge on any atom is 0.337 e. The largest absolute Gasteiger partial charge is 0.493 e. The summed E-state index contributed by atoms with van der Waals surface area (Å²) in [5, 5.41) is 5.21. The van der Waals surface area contributed by atoms with E-state index in [-0.39, 0.29) is 12.2 Å². The van der Waals surface area contributed by atoms with Gasteiger partial charge < -0.3 is 24.8 Å². The van der Waals surface area contributed by atoms with Crippen molar-refractivity contribution in [1.82, 2.24) is 16.1 Å². The van der Waals surface area contributed by atoms with Gasteiger partial charge in [-0.05, 0) is 24.6 Å². The Balaban J connectivity index is 2.37. The lowest BCUT2D eigenvalue weighted by atomic mass is 9.95. The number of amides is 3. The van der Waals surface area contributed by atoms with E-state index in [9.17, 15) is 14.4 Å². The van der Waals surface area contributed by atoms with Crippen LogP contribution in [-0.2, 0) is 14.3 Å². The van der Waals surface area contributed by atoms with Gasteiger partial charge >= 0.3 is 12.0 Å². The Morgan fingerprint density at radius 3 is 2.62 bits per heavy atom.